The summed E-state index contributed by atoms with van der Waals surface area (Å²) in [6.07, 6.45) is -1.94. The maximum atomic E-state index is 14.1. The van der Waals surface area contributed by atoms with Gasteiger partial charge in [0, 0.05) is 6.00 Å². The Morgan fingerprint density at radius 3 is 2.35 bits per heavy atom. The van der Waals surface area contributed by atoms with Gasteiger partial charge in [0.1, 0.15) is 25.7 Å². The van der Waals surface area contributed by atoms with Crippen molar-refractivity contribution in [3.8, 4) is 0 Å². The molecule has 1 heterocycles. The molecule has 20 heavy (non-hydrogen) atoms. The zero-order valence-corrected chi connectivity index (χ0v) is 12.5. The number of aliphatic hydroxyl groups excluding tert-OH is 1. The van der Waals surface area contributed by atoms with Crippen LogP contribution >= 0.6 is 7.60 Å². The van der Waals surface area contributed by atoms with E-state index in [0.29, 0.717) is 0 Å². The van der Waals surface area contributed by atoms with E-state index in [2.05, 4.69) is 0 Å². The highest BCUT2D eigenvalue weighted by Gasteiger charge is 2.49. The van der Waals surface area contributed by atoms with E-state index in [0.717, 1.165) is 6.08 Å². The first kappa shape index (κ1) is 17.8. The van der Waals surface area contributed by atoms with Crippen molar-refractivity contribution in [3.05, 3.63) is 11.6 Å². The molecule has 0 aromatic rings. The quantitative estimate of drug-likeness (QED) is 0.564. The second kappa shape index (κ2) is 6.68. The fourth-order valence-corrected chi connectivity index (χ4v) is 3.07. The molecule has 1 rings (SSSR count). The van der Waals surface area contributed by atoms with Crippen molar-refractivity contribution in [1.82, 2.24) is 0 Å². The Kier molecular flexibility index (Phi) is 5.95. The van der Waals surface area contributed by atoms with Crippen molar-refractivity contribution in [1.29, 1.82) is 0 Å². The molecule has 1 fully saturated rings. The van der Waals surface area contributed by atoms with Crippen LogP contribution in [0.25, 0.3) is 0 Å². The van der Waals surface area contributed by atoms with Crippen LogP contribution < -0.4 is 0 Å². The van der Waals surface area contributed by atoms with Crippen molar-refractivity contribution in [2.45, 2.75) is 44.6 Å². The maximum Gasteiger partial charge on any atom is 0.389 e. The maximum absolute atomic E-state index is 14.1. The van der Waals surface area contributed by atoms with Gasteiger partial charge in [-0.1, -0.05) is 0 Å². The minimum Gasteiger partial charge on any atom is -0.387 e. The number of rotatable bonds is 6. The first-order valence-electron chi connectivity index (χ1n) is 6.27. The van der Waals surface area contributed by atoms with Gasteiger partial charge in [-0.3, -0.25) is 4.57 Å². The van der Waals surface area contributed by atoms with Crippen molar-refractivity contribution >= 4 is 15.4 Å². The molecule has 1 aliphatic heterocycles. The van der Waals surface area contributed by atoms with E-state index in [1.807, 2.05) is 0 Å². The first-order chi connectivity index (χ1) is 9.19. The van der Waals surface area contributed by atoms with Crippen molar-refractivity contribution in [2.75, 3.05) is 13.2 Å². The van der Waals surface area contributed by atoms with Crippen LogP contribution in [0.5, 0.6) is 0 Å². The zero-order chi connectivity index (χ0) is 15.6. The Bertz CT molecular complexity index is 406. The SMILES string of the molecule is [B][C@@H]1O[C@H](C=C(F)P(=O)(OCC)OCC)C(O)C1(C)O. The van der Waals surface area contributed by atoms with Gasteiger partial charge in [-0.2, -0.15) is 4.39 Å². The van der Waals surface area contributed by atoms with Crippen LogP contribution in [0.15, 0.2) is 11.6 Å². The molecule has 0 aromatic carbocycles. The van der Waals surface area contributed by atoms with Gasteiger partial charge >= 0.3 is 7.60 Å². The summed E-state index contributed by atoms with van der Waals surface area (Å²) in [6, 6.07) is -1.19. The summed E-state index contributed by atoms with van der Waals surface area (Å²) in [6.45, 7) is 4.33. The lowest BCUT2D eigenvalue weighted by Crippen LogP contribution is -2.45. The third kappa shape index (κ3) is 3.50. The van der Waals surface area contributed by atoms with E-state index < -0.39 is 37.0 Å². The summed E-state index contributed by atoms with van der Waals surface area (Å²) in [5.41, 5.74) is -2.92. The molecule has 0 aromatic heterocycles. The van der Waals surface area contributed by atoms with Gasteiger partial charge in [0.15, 0.2) is 0 Å². The Balaban J connectivity index is 2.96. The van der Waals surface area contributed by atoms with E-state index in [4.69, 9.17) is 21.6 Å². The largest absolute Gasteiger partial charge is 0.389 e. The lowest BCUT2D eigenvalue weighted by molar-refractivity contribution is -0.0403. The molecule has 1 saturated heterocycles. The van der Waals surface area contributed by atoms with Crippen molar-refractivity contribution in [2.24, 2.45) is 0 Å². The highest BCUT2D eigenvalue weighted by atomic mass is 31.2. The number of halogens is 1. The highest BCUT2D eigenvalue weighted by molar-refractivity contribution is 7.58. The molecule has 2 radical (unpaired) electrons. The third-order valence-corrected chi connectivity index (χ3v) is 4.82. The smallest absolute Gasteiger partial charge is 0.387 e. The fraction of sp³-hybridized carbons (Fsp3) is 0.818. The molecule has 0 spiro atoms. The molecular weight excluding hydrogens is 289 g/mol. The molecular formula is C11H19BFO6P. The summed E-state index contributed by atoms with van der Waals surface area (Å²) in [5.74, 6) is 0. The Labute approximate surface area is 118 Å². The van der Waals surface area contributed by atoms with Gasteiger partial charge < -0.3 is 24.0 Å². The van der Waals surface area contributed by atoms with Crippen LogP contribution in [0.2, 0.25) is 0 Å². The minimum atomic E-state index is -4.07. The van der Waals surface area contributed by atoms with Crippen LogP contribution in [0.1, 0.15) is 20.8 Å². The number of aliphatic hydroxyl groups is 2. The molecule has 4 atom stereocenters. The predicted octanol–water partition coefficient (Wildman–Crippen LogP) is 1.07. The second-order valence-corrected chi connectivity index (χ2v) is 6.45. The van der Waals surface area contributed by atoms with Crippen LogP contribution in [0, 0.1) is 0 Å². The summed E-state index contributed by atoms with van der Waals surface area (Å²) in [5, 5.41) is 19.7. The Morgan fingerprint density at radius 1 is 1.50 bits per heavy atom. The molecule has 2 N–H and O–H groups in total. The zero-order valence-electron chi connectivity index (χ0n) is 11.7. The lowest BCUT2D eigenvalue weighted by Gasteiger charge is -2.24. The molecule has 0 saturated carbocycles. The Morgan fingerprint density at radius 2 is 2.00 bits per heavy atom. The predicted molar refractivity (Wildman–Crippen MR) is 71.1 cm³/mol. The molecule has 0 amide bonds. The fourth-order valence-electron chi connectivity index (χ4n) is 1.74. The first-order valence-corrected chi connectivity index (χ1v) is 7.81. The Hall–Kier alpha value is -0.235. The van der Waals surface area contributed by atoms with E-state index in [9.17, 15) is 19.2 Å². The van der Waals surface area contributed by atoms with E-state index in [-0.39, 0.29) is 13.2 Å². The topological polar surface area (TPSA) is 85.2 Å². The van der Waals surface area contributed by atoms with Gasteiger partial charge in [0.25, 0.3) is 0 Å². The summed E-state index contributed by atoms with van der Waals surface area (Å²) >= 11 is 0. The summed E-state index contributed by atoms with van der Waals surface area (Å²) < 4.78 is 40.9. The van der Waals surface area contributed by atoms with Crippen LogP contribution in [-0.4, -0.2) is 55.1 Å². The molecule has 1 aliphatic rings. The van der Waals surface area contributed by atoms with Gasteiger partial charge in [-0.25, -0.2) is 0 Å². The van der Waals surface area contributed by atoms with Gasteiger partial charge in [-0.15, -0.1) is 0 Å². The molecule has 6 nitrogen and oxygen atoms in total. The minimum absolute atomic E-state index is 0.0101. The highest BCUT2D eigenvalue weighted by Crippen LogP contribution is 2.57. The summed E-state index contributed by atoms with van der Waals surface area (Å²) in [7, 11) is 1.41. The summed E-state index contributed by atoms with van der Waals surface area (Å²) in [4.78, 5) is 0. The molecule has 114 valence electrons. The van der Waals surface area contributed by atoms with E-state index >= 15 is 0 Å². The van der Waals surface area contributed by atoms with Crippen LogP contribution in [-0.2, 0) is 18.3 Å². The monoisotopic (exact) mass is 308 g/mol. The van der Waals surface area contributed by atoms with Crippen molar-refractivity contribution in [3.63, 3.8) is 0 Å². The number of hydrogen-bond acceptors (Lipinski definition) is 6. The standard InChI is InChI=1S/C11H19BFO6P/c1-4-17-20(16,18-5-2)8(13)6-7-9(14)11(3,15)10(12)19-7/h6-7,9-10,14-15H,4-5H2,1-3H3/t7-,9?,10-,11?/m1/s1. The van der Waals surface area contributed by atoms with Crippen LogP contribution in [0.3, 0.4) is 0 Å². The van der Waals surface area contributed by atoms with Gasteiger partial charge in [-0.05, 0) is 26.8 Å². The van der Waals surface area contributed by atoms with E-state index in [1.165, 1.54) is 6.92 Å². The number of ether oxygens (including phenoxy) is 1. The average molecular weight is 308 g/mol. The third-order valence-electron chi connectivity index (χ3n) is 2.95. The lowest BCUT2D eigenvalue weighted by atomic mass is 9.82. The van der Waals surface area contributed by atoms with Crippen LogP contribution in [0.4, 0.5) is 4.39 Å². The molecule has 9 heteroatoms. The number of hydrogen-bond donors (Lipinski definition) is 2. The normalized spacial score (nSPS) is 35.5. The molecule has 0 aliphatic carbocycles. The van der Waals surface area contributed by atoms with Crippen molar-refractivity contribution < 1.29 is 33.0 Å². The van der Waals surface area contributed by atoms with Gasteiger partial charge in [0.2, 0.25) is 5.57 Å². The average Bonchev–Trinajstić information content (AvgIpc) is 2.54. The second-order valence-electron chi connectivity index (χ2n) is 4.51. The van der Waals surface area contributed by atoms with E-state index in [1.54, 1.807) is 13.8 Å². The molecule has 2 unspecified atom stereocenters. The molecule has 0 bridgehead atoms. The van der Waals surface area contributed by atoms with Gasteiger partial charge in [0.05, 0.1) is 13.2 Å².